The van der Waals surface area contributed by atoms with Gasteiger partial charge >= 0.3 is 0 Å². The number of hydrogen-bond donors (Lipinski definition) is 1. The van der Waals surface area contributed by atoms with Gasteiger partial charge in [-0.15, -0.1) is 0 Å². The number of aliphatic hydroxyl groups is 1. The van der Waals surface area contributed by atoms with Crippen LogP contribution in [0.25, 0.3) is 0 Å². The summed E-state index contributed by atoms with van der Waals surface area (Å²) < 4.78 is 29.3. The van der Waals surface area contributed by atoms with Gasteiger partial charge in [0.2, 0.25) is 5.88 Å². The number of rotatable bonds is 3. The van der Waals surface area contributed by atoms with Crippen molar-refractivity contribution in [3.05, 3.63) is 23.4 Å². The van der Waals surface area contributed by atoms with Crippen LogP contribution in [0, 0.1) is 0 Å². The van der Waals surface area contributed by atoms with E-state index in [1.807, 2.05) is 0 Å². The molecule has 72 valence electrons. The number of aliphatic hydroxyl groups excluding tert-OH is 1. The van der Waals surface area contributed by atoms with Crippen LogP contribution in [0.5, 0.6) is 5.88 Å². The number of hydrogen-bond acceptors (Lipinski definition) is 3. The fourth-order valence-electron chi connectivity index (χ4n) is 0.928. The number of pyridine rings is 1. The van der Waals surface area contributed by atoms with Crippen LogP contribution < -0.4 is 4.74 Å². The maximum absolute atomic E-state index is 12.3. The highest BCUT2D eigenvalue weighted by Gasteiger charge is 2.15. The first-order chi connectivity index (χ1) is 6.19. The summed E-state index contributed by atoms with van der Waals surface area (Å²) in [5.41, 5.74) is 0.0464. The summed E-state index contributed by atoms with van der Waals surface area (Å²) in [4.78, 5) is 3.63. The maximum Gasteiger partial charge on any atom is 0.269 e. The Kier molecular flexibility index (Phi) is 3.13. The smallest absolute Gasteiger partial charge is 0.269 e. The average molecular weight is 189 g/mol. The number of methoxy groups -OCH3 is 1. The Morgan fingerprint density at radius 1 is 1.62 bits per heavy atom. The molecular formula is C8H9F2NO2. The van der Waals surface area contributed by atoms with Gasteiger partial charge in [0.05, 0.1) is 19.3 Å². The van der Waals surface area contributed by atoms with Crippen molar-refractivity contribution in [2.45, 2.75) is 13.0 Å². The van der Waals surface area contributed by atoms with E-state index in [1.165, 1.54) is 19.4 Å². The highest BCUT2D eigenvalue weighted by Crippen LogP contribution is 2.27. The zero-order valence-electron chi connectivity index (χ0n) is 7.00. The van der Waals surface area contributed by atoms with E-state index in [4.69, 9.17) is 5.11 Å². The molecule has 1 aromatic rings. The number of aromatic nitrogens is 1. The van der Waals surface area contributed by atoms with Crippen molar-refractivity contribution >= 4 is 0 Å². The van der Waals surface area contributed by atoms with Crippen molar-refractivity contribution in [2.75, 3.05) is 7.11 Å². The Labute approximate surface area is 74.0 Å². The molecule has 0 amide bonds. The summed E-state index contributed by atoms with van der Waals surface area (Å²) >= 11 is 0. The van der Waals surface area contributed by atoms with Gasteiger partial charge in [0.1, 0.15) is 0 Å². The fraction of sp³-hybridized carbons (Fsp3) is 0.375. The van der Waals surface area contributed by atoms with Crippen LogP contribution >= 0.6 is 0 Å². The van der Waals surface area contributed by atoms with E-state index >= 15 is 0 Å². The molecule has 0 saturated heterocycles. The molecule has 0 aliphatic rings. The molecule has 0 unspecified atom stereocenters. The zero-order chi connectivity index (χ0) is 9.84. The van der Waals surface area contributed by atoms with Crippen molar-refractivity contribution in [3.63, 3.8) is 0 Å². The van der Waals surface area contributed by atoms with Gasteiger partial charge in [-0.25, -0.2) is 13.8 Å². The topological polar surface area (TPSA) is 42.4 Å². The molecule has 0 atom stereocenters. The van der Waals surface area contributed by atoms with Crippen LogP contribution in [-0.4, -0.2) is 17.2 Å². The van der Waals surface area contributed by atoms with E-state index in [0.29, 0.717) is 5.56 Å². The fourth-order valence-corrected chi connectivity index (χ4v) is 0.928. The Balaban J connectivity index is 3.10. The molecule has 0 fully saturated rings. The highest BCUT2D eigenvalue weighted by atomic mass is 19.3. The molecule has 0 aliphatic heterocycles. The lowest BCUT2D eigenvalue weighted by molar-refractivity contribution is 0.145. The highest BCUT2D eigenvalue weighted by molar-refractivity contribution is 5.30. The van der Waals surface area contributed by atoms with Crippen LogP contribution in [0.3, 0.4) is 0 Å². The summed E-state index contributed by atoms with van der Waals surface area (Å²) in [5.74, 6) is -0.104. The monoisotopic (exact) mass is 189 g/mol. The first kappa shape index (κ1) is 9.85. The van der Waals surface area contributed by atoms with Crippen LogP contribution in [0.1, 0.15) is 17.6 Å². The van der Waals surface area contributed by atoms with E-state index in [1.54, 1.807) is 0 Å². The van der Waals surface area contributed by atoms with Gasteiger partial charge in [-0.2, -0.15) is 0 Å². The van der Waals surface area contributed by atoms with Gasteiger partial charge in [-0.05, 0) is 11.6 Å². The van der Waals surface area contributed by atoms with Gasteiger partial charge in [0.15, 0.2) is 0 Å². The number of nitrogens with zero attached hydrogens (tertiary/aromatic N) is 1. The van der Waals surface area contributed by atoms with E-state index < -0.39 is 6.43 Å². The lowest BCUT2D eigenvalue weighted by Crippen LogP contribution is -1.97. The molecule has 13 heavy (non-hydrogen) atoms. The summed E-state index contributed by atoms with van der Waals surface area (Å²) in [5, 5.41) is 8.68. The standard InChI is InChI=1S/C8H9F2NO2/c1-13-8-6(7(9)10)2-5(4-12)3-11-8/h2-3,7,12H,4H2,1H3. The lowest BCUT2D eigenvalue weighted by atomic mass is 10.2. The average Bonchev–Trinajstić information content (AvgIpc) is 2.16. The van der Waals surface area contributed by atoms with Gasteiger partial charge in [0.25, 0.3) is 6.43 Å². The van der Waals surface area contributed by atoms with Crippen molar-refractivity contribution in [3.8, 4) is 5.88 Å². The molecule has 0 saturated carbocycles. The molecule has 0 aromatic carbocycles. The Morgan fingerprint density at radius 2 is 2.31 bits per heavy atom. The summed E-state index contributed by atoms with van der Waals surface area (Å²) in [6, 6.07) is 1.18. The molecule has 0 radical (unpaired) electrons. The predicted molar refractivity (Wildman–Crippen MR) is 41.7 cm³/mol. The van der Waals surface area contributed by atoms with Gasteiger partial charge in [-0.1, -0.05) is 0 Å². The lowest BCUT2D eigenvalue weighted by Gasteiger charge is -2.07. The molecule has 3 nitrogen and oxygen atoms in total. The van der Waals surface area contributed by atoms with E-state index in [-0.39, 0.29) is 18.1 Å². The molecule has 1 N–H and O–H groups in total. The van der Waals surface area contributed by atoms with E-state index in [2.05, 4.69) is 9.72 Å². The van der Waals surface area contributed by atoms with Crippen molar-refractivity contribution in [1.82, 2.24) is 4.98 Å². The van der Waals surface area contributed by atoms with Crippen LogP contribution in [0.15, 0.2) is 12.3 Å². The third-order valence-corrected chi connectivity index (χ3v) is 1.55. The third kappa shape index (κ3) is 2.12. The number of alkyl halides is 2. The normalized spacial score (nSPS) is 10.5. The Morgan fingerprint density at radius 3 is 2.77 bits per heavy atom. The molecule has 0 spiro atoms. The quantitative estimate of drug-likeness (QED) is 0.783. The molecule has 0 aliphatic carbocycles. The minimum absolute atomic E-state index is 0.104. The SMILES string of the molecule is COc1ncc(CO)cc1C(F)F. The van der Waals surface area contributed by atoms with Crippen molar-refractivity contribution < 1.29 is 18.6 Å². The van der Waals surface area contributed by atoms with Crippen molar-refractivity contribution in [1.29, 1.82) is 0 Å². The Bertz CT molecular complexity index is 291. The minimum Gasteiger partial charge on any atom is -0.481 e. The number of ether oxygens (including phenoxy) is 1. The predicted octanol–water partition coefficient (Wildman–Crippen LogP) is 1.52. The summed E-state index contributed by atoms with van der Waals surface area (Å²) in [7, 11) is 1.27. The van der Waals surface area contributed by atoms with E-state index in [0.717, 1.165) is 0 Å². The Hall–Kier alpha value is -1.23. The number of halogens is 2. The second-order valence-corrected chi connectivity index (χ2v) is 2.40. The van der Waals surface area contributed by atoms with Crippen molar-refractivity contribution in [2.24, 2.45) is 0 Å². The van der Waals surface area contributed by atoms with Crippen LogP contribution in [0.4, 0.5) is 8.78 Å². The molecule has 1 aromatic heterocycles. The molecule has 1 heterocycles. The second-order valence-electron chi connectivity index (χ2n) is 2.40. The largest absolute Gasteiger partial charge is 0.481 e. The first-order valence-electron chi connectivity index (χ1n) is 3.61. The summed E-state index contributed by atoms with van der Waals surface area (Å²) in [6.07, 6.45) is -1.35. The molecule has 1 rings (SSSR count). The minimum atomic E-state index is -2.64. The van der Waals surface area contributed by atoms with Gasteiger partial charge in [0, 0.05) is 6.20 Å². The molecule has 5 heteroatoms. The molecule has 0 bridgehead atoms. The van der Waals surface area contributed by atoms with Gasteiger partial charge in [-0.3, -0.25) is 0 Å². The maximum atomic E-state index is 12.3. The van der Waals surface area contributed by atoms with E-state index in [9.17, 15) is 8.78 Å². The third-order valence-electron chi connectivity index (χ3n) is 1.55. The second kappa shape index (κ2) is 4.13. The zero-order valence-corrected chi connectivity index (χ0v) is 7.00. The first-order valence-corrected chi connectivity index (χ1v) is 3.61. The molecular weight excluding hydrogens is 180 g/mol. The van der Waals surface area contributed by atoms with Crippen LogP contribution in [0.2, 0.25) is 0 Å². The van der Waals surface area contributed by atoms with Gasteiger partial charge < -0.3 is 9.84 Å². The van der Waals surface area contributed by atoms with Crippen LogP contribution in [-0.2, 0) is 6.61 Å². The summed E-state index contributed by atoms with van der Waals surface area (Å²) in [6.45, 7) is -0.309.